The van der Waals surface area contributed by atoms with Crippen LogP contribution in [0.1, 0.15) is 34.8 Å². The molecular weight excluding hydrogens is 499 g/mol. The van der Waals surface area contributed by atoms with Crippen molar-refractivity contribution in [1.29, 1.82) is 0 Å². The molecule has 37 heavy (non-hydrogen) atoms. The quantitative estimate of drug-likeness (QED) is 0.492. The predicted molar refractivity (Wildman–Crippen MR) is 138 cm³/mol. The van der Waals surface area contributed by atoms with Crippen LogP contribution in [0.5, 0.6) is 5.75 Å². The van der Waals surface area contributed by atoms with Crippen LogP contribution < -0.4 is 9.04 Å². The minimum absolute atomic E-state index is 0.226. The molecule has 0 bridgehead atoms. The number of aliphatic carboxylic acids is 1. The number of carboxylic acids is 1. The number of benzene rings is 3. The number of anilines is 1. The van der Waals surface area contributed by atoms with E-state index in [4.69, 9.17) is 4.74 Å². The van der Waals surface area contributed by atoms with E-state index in [2.05, 4.69) is 0 Å². The average molecular weight is 527 g/mol. The molecule has 4 rings (SSSR count). The second-order valence-electron chi connectivity index (χ2n) is 8.87. The summed E-state index contributed by atoms with van der Waals surface area (Å²) < 4.78 is 44.9. The van der Waals surface area contributed by atoms with Crippen LogP contribution in [0.25, 0.3) is 11.1 Å². The number of likely N-dealkylation sites (tertiary alicyclic amines) is 1. The number of carbonyl (C=O) groups excluding carboxylic acids is 1. The Hall–Kier alpha value is -3.92. The molecule has 1 aliphatic heterocycles. The lowest BCUT2D eigenvalue weighted by Gasteiger charge is -2.29. The van der Waals surface area contributed by atoms with Crippen molar-refractivity contribution in [3.8, 4) is 16.9 Å². The van der Waals surface area contributed by atoms with Crippen LogP contribution in [-0.4, -0.2) is 56.8 Å². The Morgan fingerprint density at radius 1 is 1.05 bits per heavy atom. The smallest absolute Gasteiger partial charge is 0.326 e. The van der Waals surface area contributed by atoms with Crippen LogP contribution >= 0.6 is 0 Å². The van der Waals surface area contributed by atoms with Crippen LogP contribution in [0.4, 0.5) is 10.1 Å². The molecule has 3 aromatic carbocycles. The molecule has 0 radical (unpaired) electrons. The molecule has 1 saturated heterocycles. The van der Waals surface area contributed by atoms with E-state index in [1.165, 1.54) is 25.1 Å². The lowest BCUT2D eigenvalue weighted by atomic mass is 10.0. The fourth-order valence-corrected chi connectivity index (χ4v) is 5.13. The van der Waals surface area contributed by atoms with E-state index in [1.807, 2.05) is 0 Å². The fourth-order valence-electron chi connectivity index (χ4n) is 4.63. The van der Waals surface area contributed by atoms with Gasteiger partial charge in [-0.3, -0.25) is 9.10 Å². The second kappa shape index (κ2) is 10.2. The van der Waals surface area contributed by atoms with Crippen molar-refractivity contribution < 1.29 is 32.2 Å². The zero-order valence-electron chi connectivity index (χ0n) is 20.6. The molecule has 1 fully saturated rings. The molecule has 1 heterocycles. The monoisotopic (exact) mass is 526 g/mol. The molecule has 0 aliphatic carbocycles. The Kier molecular flexibility index (Phi) is 7.22. The van der Waals surface area contributed by atoms with Crippen molar-refractivity contribution in [2.24, 2.45) is 0 Å². The highest BCUT2D eigenvalue weighted by Crippen LogP contribution is 2.39. The normalized spacial score (nSPS) is 17.5. The molecule has 1 N–H and O–H groups in total. The van der Waals surface area contributed by atoms with Gasteiger partial charge in [-0.05, 0) is 48.7 Å². The van der Waals surface area contributed by atoms with Gasteiger partial charge in [0, 0.05) is 29.8 Å². The summed E-state index contributed by atoms with van der Waals surface area (Å²) in [5, 5.41) is 9.73. The Morgan fingerprint density at radius 2 is 1.73 bits per heavy atom. The van der Waals surface area contributed by atoms with Gasteiger partial charge in [0.2, 0.25) is 10.0 Å². The third kappa shape index (κ3) is 5.15. The summed E-state index contributed by atoms with van der Waals surface area (Å²) in [6.07, 6.45) is 1.67. The maximum Gasteiger partial charge on any atom is 0.326 e. The number of hydrogen-bond donors (Lipinski definition) is 1. The third-order valence-electron chi connectivity index (χ3n) is 6.66. The van der Waals surface area contributed by atoms with Gasteiger partial charge >= 0.3 is 5.97 Å². The molecule has 0 spiro atoms. The molecule has 10 heteroatoms. The van der Waals surface area contributed by atoms with Crippen molar-refractivity contribution >= 4 is 27.6 Å². The first-order chi connectivity index (χ1) is 17.5. The molecule has 3 aromatic rings. The number of ether oxygens (including phenoxy) is 1. The van der Waals surface area contributed by atoms with Crippen molar-refractivity contribution in [3.05, 3.63) is 83.7 Å². The van der Waals surface area contributed by atoms with E-state index >= 15 is 0 Å². The van der Waals surface area contributed by atoms with Crippen molar-refractivity contribution in [1.82, 2.24) is 4.90 Å². The second-order valence-corrected chi connectivity index (χ2v) is 10.9. The number of hydrogen-bond acceptors (Lipinski definition) is 5. The van der Waals surface area contributed by atoms with Crippen LogP contribution in [0.2, 0.25) is 0 Å². The van der Waals surface area contributed by atoms with Gasteiger partial charge in [0.05, 0.1) is 25.1 Å². The minimum Gasteiger partial charge on any atom is -0.496 e. The highest BCUT2D eigenvalue weighted by Gasteiger charge is 2.42. The Balaban J connectivity index is 1.65. The fraction of sp³-hybridized carbons (Fsp3) is 0.259. The van der Waals surface area contributed by atoms with Crippen LogP contribution in [0, 0.1) is 5.82 Å². The Morgan fingerprint density at radius 3 is 2.32 bits per heavy atom. The summed E-state index contributed by atoms with van der Waals surface area (Å²) in [6.45, 7) is 0. The van der Waals surface area contributed by atoms with Crippen LogP contribution in [0.3, 0.4) is 0 Å². The van der Waals surface area contributed by atoms with E-state index in [0.29, 0.717) is 34.5 Å². The molecule has 1 amide bonds. The largest absolute Gasteiger partial charge is 0.496 e. The first kappa shape index (κ1) is 26.2. The number of halogens is 1. The maximum absolute atomic E-state index is 14.5. The molecule has 1 aliphatic rings. The van der Waals surface area contributed by atoms with Crippen LogP contribution in [0.15, 0.2) is 66.7 Å². The zero-order chi connectivity index (χ0) is 26.9. The maximum atomic E-state index is 14.5. The van der Waals surface area contributed by atoms with Gasteiger partial charge in [-0.15, -0.1) is 0 Å². The van der Waals surface area contributed by atoms with E-state index in [-0.39, 0.29) is 12.0 Å². The molecule has 194 valence electrons. The van der Waals surface area contributed by atoms with E-state index < -0.39 is 39.8 Å². The number of methoxy groups -OCH3 is 1. The summed E-state index contributed by atoms with van der Waals surface area (Å²) in [7, 11) is -0.528. The topological polar surface area (TPSA) is 104 Å². The average Bonchev–Trinajstić information content (AvgIpc) is 3.32. The number of sulfonamides is 1. The summed E-state index contributed by atoms with van der Waals surface area (Å²) >= 11 is 0. The molecule has 0 unspecified atom stereocenters. The van der Waals surface area contributed by atoms with Crippen molar-refractivity contribution in [3.63, 3.8) is 0 Å². The summed E-state index contributed by atoms with van der Waals surface area (Å²) in [6, 6.07) is 15.9. The number of carboxylic acid groups (broad SMARTS) is 1. The lowest BCUT2D eigenvalue weighted by molar-refractivity contribution is -0.141. The van der Waals surface area contributed by atoms with Gasteiger partial charge in [0.25, 0.3) is 5.91 Å². The number of rotatable bonds is 7. The zero-order valence-corrected chi connectivity index (χ0v) is 21.4. The predicted octanol–water partition coefficient (Wildman–Crippen LogP) is 4.33. The van der Waals surface area contributed by atoms with E-state index in [0.717, 1.165) is 10.6 Å². The molecule has 0 aromatic heterocycles. The summed E-state index contributed by atoms with van der Waals surface area (Å²) in [5.41, 5.74) is 2.39. The highest BCUT2D eigenvalue weighted by molar-refractivity contribution is 7.92. The highest BCUT2D eigenvalue weighted by atomic mass is 32.2. The SMILES string of the molecule is COc1cc(N(C)S(C)(=O)=O)ccc1-c1ccc(C(=O)N2[C@@H](c3ccccc3F)CC[C@H]2C(=O)O)cc1. The van der Waals surface area contributed by atoms with Gasteiger partial charge < -0.3 is 14.7 Å². The molecule has 0 saturated carbocycles. The lowest BCUT2D eigenvalue weighted by Crippen LogP contribution is -2.42. The number of carbonyl (C=O) groups is 2. The number of amides is 1. The first-order valence-electron chi connectivity index (χ1n) is 11.5. The molecule has 8 nitrogen and oxygen atoms in total. The number of nitrogens with zero attached hydrogens (tertiary/aromatic N) is 2. The summed E-state index contributed by atoms with van der Waals surface area (Å²) in [4.78, 5) is 26.7. The molecular formula is C27H27FN2O6S. The van der Waals surface area contributed by atoms with E-state index in [1.54, 1.807) is 60.7 Å². The summed E-state index contributed by atoms with van der Waals surface area (Å²) in [5.74, 6) is -1.67. The Bertz CT molecular complexity index is 1440. The van der Waals surface area contributed by atoms with Gasteiger partial charge in [0.1, 0.15) is 17.6 Å². The first-order valence-corrected chi connectivity index (χ1v) is 13.4. The van der Waals surface area contributed by atoms with Gasteiger partial charge in [-0.25, -0.2) is 17.6 Å². The Labute approximate surface area is 215 Å². The third-order valence-corrected chi connectivity index (χ3v) is 7.86. The minimum atomic E-state index is -3.45. The van der Waals surface area contributed by atoms with Gasteiger partial charge in [0.15, 0.2) is 0 Å². The van der Waals surface area contributed by atoms with E-state index in [9.17, 15) is 27.5 Å². The van der Waals surface area contributed by atoms with Gasteiger partial charge in [-0.2, -0.15) is 0 Å². The molecule has 2 atom stereocenters. The van der Waals surface area contributed by atoms with Gasteiger partial charge in [-0.1, -0.05) is 30.3 Å². The van der Waals surface area contributed by atoms with Crippen LogP contribution in [-0.2, 0) is 14.8 Å². The standard InChI is InChI=1S/C27H27FN2O6S/c1-29(37(3,34)35)19-12-13-20(25(16-19)36-2)17-8-10-18(11-9-17)26(31)30-23(14-15-24(30)27(32)33)21-6-4-5-7-22(21)28/h4-13,16,23-24H,14-15H2,1-3H3,(H,32,33)/t23-,24+/m1/s1. The van der Waals surface area contributed by atoms with Crippen molar-refractivity contribution in [2.45, 2.75) is 24.9 Å². The van der Waals surface area contributed by atoms with Crippen molar-refractivity contribution in [2.75, 3.05) is 24.7 Å².